The Bertz CT molecular complexity index is 965. The molecule has 1 amide bonds. The number of sulfonamides is 1. The van der Waals surface area contributed by atoms with Gasteiger partial charge in [-0.25, -0.2) is 8.42 Å². The van der Waals surface area contributed by atoms with Gasteiger partial charge in [0.1, 0.15) is 0 Å². The van der Waals surface area contributed by atoms with E-state index >= 15 is 0 Å². The summed E-state index contributed by atoms with van der Waals surface area (Å²) < 4.78 is 27.0. The normalized spacial score (nSPS) is 15.8. The maximum atomic E-state index is 12.3. The number of piperidine rings is 1. The lowest BCUT2D eigenvalue weighted by molar-refractivity contribution is 0.0950. The molecule has 1 saturated heterocycles. The van der Waals surface area contributed by atoms with Crippen molar-refractivity contribution in [3.63, 3.8) is 0 Å². The summed E-state index contributed by atoms with van der Waals surface area (Å²) in [5, 5.41) is 4.07. The summed E-state index contributed by atoms with van der Waals surface area (Å²) >= 11 is 0. The third-order valence-electron chi connectivity index (χ3n) is 5.46. The van der Waals surface area contributed by atoms with Crippen molar-refractivity contribution < 1.29 is 13.2 Å². The molecular formula is C24H31N3O3S. The van der Waals surface area contributed by atoms with Crippen molar-refractivity contribution in [2.24, 2.45) is 5.92 Å². The van der Waals surface area contributed by atoms with Crippen LogP contribution in [-0.2, 0) is 10.0 Å². The Morgan fingerprint density at radius 1 is 1.06 bits per heavy atom. The van der Waals surface area contributed by atoms with Gasteiger partial charge in [0.15, 0.2) is 0 Å². The van der Waals surface area contributed by atoms with Crippen LogP contribution in [0.15, 0.2) is 60.0 Å². The van der Waals surface area contributed by atoms with Gasteiger partial charge in [0.25, 0.3) is 15.9 Å². The van der Waals surface area contributed by atoms with E-state index in [4.69, 9.17) is 0 Å². The van der Waals surface area contributed by atoms with Crippen LogP contribution in [0, 0.1) is 5.92 Å². The fraction of sp³-hybridized carbons (Fsp3) is 0.375. The standard InChI is InChI=1S/C24H31N3O3S/c1-20-12-17-27(18-13-20)16-5-15-25-24(28)22-8-10-23(11-9-22)26-31(29,30)19-14-21-6-3-2-4-7-21/h2-4,6-11,14,19-20,26H,5,12-13,15-18H2,1H3,(H,25,28)/b19-14+. The van der Waals surface area contributed by atoms with Crippen LogP contribution < -0.4 is 10.0 Å². The van der Waals surface area contributed by atoms with Crippen molar-refractivity contribution in [2.75, 3.05) is 30.9 Å². The quantitative estimate of drug-likeness (QED) is 0.578. The van der Waals surface area contributed by atoms with Crippen molar-refractivity contribution in [3.05, 3.63) is 71.1 Å². The molecule has 0 saturated carbocycles. The average molecular weight is 442 g/mol. The van der Waals surface area contributed by atoms with Crippen LogP contribution in [-0.4, -0.2) is 45.4 Å². The van der Waals surface area contributed by atoms with Crippen LogP contribution in [0.4, 0.5) is 5.69 Å². The Kier molecular flexibility index (Phi) is 8.26. The minimum absolute atomic E-state index is 0.148. The second kappa shape index (κ2) is 11.1. The summed E-state index contributed by atoms with van der Waals surface area (Å²) in [6.07, 6.45) is 4.97. The fourth-order valence-electron chi connectivity index (χ4n) is 3.51. The first-order chi connectivity index (χ1) is 14.9. The highest BCUT2D eigenvalue weighted by molar-refractivity contribution is 7.95. The largest absolute Gasteiger partial charge is 0.352 e. The number of nitrogens with one attached hydrogen (secondary N) is 2. The predicted molar refractivity (Wildman–Crippen MR) is 126 cm³/mol. The van der Waals surface area contributed by atoms with E-state index in [-0.39, 0.29) is 5.91 Å². The number of carbonyl (C=O) groups is 1. The van der Waals surface area contributed by atoms with Crippen molar-refractivity contribution in [2.45, 2.75) is 26.2 Å². The van der Waals surface area contributed by atoms with E-state index in [1.807, 2.05) is 30.3 Å². The van der Waals surface area contributed by atoms with Crippen molar-refractivity contribution in [1.82, 2.24) is 10.2 Å². The fourth-order valence-corrected chi connectivity index (χ4v) is 4.38. The number of carbonyl (C=O) groups excluding carboxylic acids is 1. The topological polar surface area (TPSA) is 78.5 Å². The number of anilines is 1. The Hall–Kier alpha value is -2.64. The molecule has 1 aliphatic heterocycles. The molecule has 1 aliphatic rings. The van der Waals surface area contributed by atoms with E-state index in [0.717, 1.165) is 42.9 Å². The Balaban J connectivity index is 1.43. The van der Waals surface area contributed by atoms with Gasteiger partial charge in [-0.15, -0.1) is 0 Å². The van der Waals surface area contributed by atoms with E-state index < -0.39 is 10.0 Å². The molecule has 1 heterocycles. The monoisotopic (exact) mass is 441 g/mol. The highest BCUT2D eigenvalue weighted by atomic mass is 32.2. The first-order valence-corrected chi connectivity index (χ1v) is 12.3. The number of hydrogen-bond acceptors (Lipinski definition) is 4. The number of amides is 1. The van der Waals surface area contributed by atoms with Crippen LogP contribution in [0.3, 0.4) is 0 Å². The summed E-state index contributed by atoms with van der Waals surface area (Å²) in [4.78, 5) is 14.8. The van der Waals surface area contributed by atoms with Gasteiger partial charge in [0.2, 0.25) is 0 Å². The molecule has 7 heteroatoms. The number of nitrogens with zero attached hydrogens (tertiary/aromatic N) is 1. The molecule has 0 atom stereocenters. The highest BCUT2D eigenvalue weighted by Crippen LogP contribution is 2.16. The third-order valence-corrected chi connectivity index (χ3v) is 6.47. The van der Waals surface area contributed by atoms with Gasteiger partial charge in [-0.05, 0) is 80.7 Å². The maximum absolute atomic E-state index is 12.3. The van der Waals surface area contributed by atoms with Gasteiger partial charge in [-0.2, -0.15) is 0 Å². The lowest BCUT2D eigenvalue weighted by Crippen LogP contribution is -2.35. The molecule has 0 radical (unpaired) electrons. The van der Waals surface area contributed by atoms with E-state index in [2.05, 4.69) is 21.9 Å². The Morgan fingerprint density at radius 3 is 2.42 bits per heavy atom. The van der Waals surface area contributed by atoms with Gasteiger partial charge >= 0.3 is 0 Å². The van der Waals surface area contributed by atoms with Crippen LogP contribution in [0.25, 0.3) is 6.08 Å². The Labute approximate surface area is 185 Å². The molecule has 0 spiro atoms. The first kappa shape index (κ1) is 23.0. The zero-order valence-electron chi connectivity index (χ0n) is 18.0. The SMILES string of the molecule is CC1CCN(CCCNC(=O)c2ccc(NS(=O)(=O)/C=C/c3ccccc3)cc2)CC1. The molecule has 0 bridgehead atoms. The molecule has 31 heavy (non-hydrogen) atoms. The molecule has 0 aromatic heterocycles. The second-order valence-electron chi connectivity index (χ2n) is 8.07. The summed E-state index contributed by atoms with van der Waals surface area (Å²) in [6.45, 7) is 6.23. The predicted octanol–water partition coefficient (Wildman–Crippen LogP) is 3.95. The van der Waals surface area contributed by atoms with Crippen LogP contribution in [0.2, 0.25) is 0 Å². The molecule has 3 rings (SSSR count). The van der Waals surface area contributed by atoms with E-state index in [0.29, 0.717) is 17.8 Å². The number of hydrogen-bond donors (Lipinski definition) is 2. The van der Waals surface area contributed by atoms with Crippen molar-refractivity contribution in [1.29, 1.82) is 0 Å². The number of likely N-dealkylation sites (tertiary alicyclic amines) is 1. The van der Waals surface area contributed by atoms with Gasteiger partial charge in [-0.1, -0.05) is 37.3 Å². The van der Waals surface area contributed by atoms with E-state index in [1.54, 1.807) is 24.3 Å². The van der Waals surface area contributed by atoms with Crippen LogP contribution in [0.5, 0.6) is 0 Å². The molecule has 166 valence electrons. The molecule has 2 aromatic carbocycles. The molecule has 2 N–H and O–H groups in total. The smallest absolute Gasteiger partial charge is 0.255 e. The molecular weight excluding hydrogens is 410 g/mol. The van der Waals surface area contributed by atoms with Crippen molar-refractivity contribution in [3.8, 4) is 0 Å². The third kappa shape index (κ3) is 7.84. The molecule has 2 aromatic rings. The lowest BCUT2D eigenvalue weighted by atomic mass is 9.99. The number of rotatable bonds is 9. The summed E-state index contributed by atoms with van der Waals surface area (Å²) in [7, 11) is -3.63. The lowest BCUT2D eigenvalue weighted by Gasteiger charge is -2.30. The zero-order chi connectivity index (χ0) is 22.1. The van der Waals surface area contributed by atoms with Crippen LogP contribution >= 0.6 is 0 Å². The van der Waals surface area contributed by atoms with Gasteiger partial charge in [0.05, 0.1) is 5.41 Å². The first-order valence-electron chi connectivity index (χ1n) is 10.8. The summed E-state index contributed by atoms with van der Waals surface area (Å²) in [5.74, 6) is 0.675. The van der Waals surface area contributed by atoms with E-state index in [1.165, 1.54) is 18.9 Å². The van der Waals surface area contributed by atoms with Crippen LogP contribution in [0.1, 0.15) is 42.1 Å². The summed E-state index contributed by atoms with van der Waals surface area (Å²) in [6, 6.07) is 15.7. The summed E-state index contributed by atoms with van der Waals surface area (Å²) in [5.41, 5.74) is 1.72. The van der Waals surface area contributed by atoms with E-state index in [9.17, 15) is 13.2 Å². The maximum Gasteiger partial charge on any atom is 0.255 e. The molecule has 0 aliphatic carbocycles. The van der Waals surface area contributed by atoms with Gasteiger partial charge < -0.3 is 10.2 Å². The minimum atomic E-state index is -3.63. The van der Waals surface area contributed by atoms with Gasteiger partial charge in [0, 0.05) is 17.8 Å². The second-order valence-corrected chi connectivity index (χ2v) is 9.64. The zero-order valence-corrected chi connectivity index (χ0v) is 18.8. The molecule has 1 fully saturated rings. The van der Waals surface area contributed by atoms with Gasteiger partial charge in [-0.3, -0.25) is 9.52 Å². The minimum Gasteiger partial charge on any atom is -0.352 e. The highest BCUT2D eigenvalue weighted by Gasteiger charge is 2.15. The van der Waals surface area contributed by atoms with Crippen molar-refractivity contribution >= 4 is 27.7 Å². The number of benzene rings is 2. The average Bonchev–Trinajstić information content (AvgIpc) is 2.77. The molecule has 6 nitrogen and oxygen atoms in total. The molecule has 0 unspecified atom stereocenters. The Morgan fingerprint density at radius 2 is 1.74 bits per heavy atom.